The number of nitrogens with zero attached hydrogens (tertiary/aromatic N) is 1. The largest absolute Gasteiger partial charge is 0.382 e. The van der Waals surface area contributed by atoms with E-state index in [2.05, 4.69) is 26.1 Å². The molecule has 0 amide bonds. The van der Waals surface area contributed by atoms with E-state index in [1.807, 2.05) is 17.5 Å². The SMILES string of the molecule is Nc1cc(-c2csc(Br)c2)[nH]n1. The molecule has 2 rings (SSSR count). The van der Waals surface area contributed by atoms with E-state index in [9.17, 15) is 0 Å². The smallest absolute Gasteiger partial charge is 0.145 e. The molecule has 12 heavy (non-hydrogen) atoms. The predicted molar refractivity (Wildman–Crippen MR) is 54.0 cm³/mol. The van der Waals surface area contributed by atoms with E-state index in [1.165, 1.54) is 0 Å². The molecule has 0 unspecified atom stereocenters. The van der Waals surface area contributed by atoms with Crippen LogP contribution < -0.4 is 5.73 Å². The number of hydrogen-bond acceptors (Lipinski definition) is 3. The van der Waals surface area contributed by atoms with Crippen LogP contribution in [0.5, 0.6) is 0 Å². The molecule has 3 nitrogen and oxygen atoms in total. The van der Waals surface area contributed by atoms with Crippen molar-refractivity contribution in [3.63, 3.8) is 0 Å². The van der Waals surface area contributed by atoms with Gasteiger partial charge in [-0.2, -0.15) is 5.10 Å². The number of anilines is 1. The molecular weight excluding hydrogens is 238 g/mol. The third-order valence-corrected chi connectivity index (χ3v) is 2.98. The average molecular weight is 244 g/mol. The van der Waals surface area contributed by atoms with Crippen molar-refractivity contribution in [1.82, 2.24) is 10.2 Å². The molecule has 2 aromatic heterocycles. The Hall–Kier alpha value is -0.810. The fraction of sp³-hybridized carbons (Fsp3) is 0. The maximum absolute atomic E-state index is 5.47. The summed E-state index contributed by atoms with van der Waals surface area (Å²) in [6.07, 6.45) is 0. The standard InChI is InChI=1S/C7H6BrN3S/c8-6-1-4(3-12-6)5-2-7(9)11-10-5/h1-3H,(H3,9,10,11). The van der Waals surface area contributed by atoms with Crippen LogP contribution in [-0.2, 0) is 0 Å². The van der Waals surface area contributed by atoms with Crippen LogP contribution in [0.15, 0.2) is 21.3 Å². The monoisotopic (exact) mass is 243 g/mol. The normalized spacial score (nSPS) is 10.4. The van der Waals surface area contributed by atoms with Crippen LogP contribution in [0, 0.1) is 0 Å². The molecule has 0 spiro atoms. The topological polar surface area (TPSA) is 54.7 Å². The van der Waals surface area contributed by atoms with Crippen molar-refractivity contribution < 1.29 is 0 Å². The minimum absolute atomic E-state index is 0.521. The van der Waals surface area contributed by atoms with Crippen molar-refractivity contribution in [3.8, 4) is 11.3 Å². The first-order chi connectivity index (χ1) is 5.75. The lowest BCUT2D eigenvalue weighted by molar-refractivity contribution is 1.10. The van der Waals surface area contributed by atoms with Crippen molar-refractivity contribution in [2.24, 2.45) is 0 Å². The van der Waals surface area contributed by atoms with Crippen molar-refractivity contribution in [2.45, 2.75) is 0 Å². The van der Waals surface area contributed by atoms with Gasteiger partial charge in [-0.15, -0.1) is 11.3 Å². The summed E-state index contributed by atoms with van der Waals surface area (Å²) in [5.74, 6) is 0.521. The van der Waals surface area contributed by atoms with Gasteiger partial charge in [-0.25, -0.2) is 0 Å². The summed E-state index contributed by atoms with van der Waals surface area (Å²) in [5, 5.41) is 8.73. The molecule has 0 fully saturated rings. The minimum Gasteiger partial charge on any atom is -0.382 e. The number of H-pyrrole nitrogens is 1. The summed E-state index contributed by atoms with van der Waals surface area (Å²) in [6.45, 7) is 0. The van der Waals surface area contributed by atoms with Gasteiger partial charge in [0.25, 0.3) is 0 Å². The first-order valence-electron chi connectivity index (χ1n) is 3.31. The number of nitrogens with two attached hydrogens (primary N) is 1. The summed E-state index contributed by atoms with van der Waals surface area (Å²) >= 11 is 5.03. The van der Waals surface area contributed by atoms with Gasteiger partial charge < -0.3 is 5.73 Å². The highest BCUT2D eigenvalue weighted by Crippen LogP contribution is 2.28. The highest BCUT2D eigenvalue weighted by atomic mass is 79.9. The Balaban J connectivity index is 2.43. The highest BCUT2D eigenvalue weighted by Gasteiger charge is 2.02. The fourth-order valence-electron chi connectivity index (χ4n) is 0.936. The lowest BCUT2D eigenvalue weighted by Gasteiger charge is -1.86. The van der Waals surface area contributed by atoms with Gasteiger partial charge in [0.1, 0.15) is 5.82 Å². The first-order valence-corrected chi connectivity index (χ1v) is 4.98. The second-order valence-electron chi connectivity index (χ2n) is 2.35. The lowest BCUT2D eigenvalue weighted by Crippen LogP contribution is -1.81. The number of hydrogen-bond donors (Lipinski definition) is 2. The molecule has 0 aromatic carbocycles. The molecule has 5 heteroatoms. The van der Waals surface area contributed by atoms with Gasteiger partial charge in [-0.05, 0) is 22.0 Å². The van der Waals surface area contributed by atoms with Gasteiger partial charge in [0.05, 0.1) is 9.48 Å². The Morgan fingerprint density at radius 3 is 2.83 bits per heavy atom. The molecule has 0 aliphatic heterocycles. The summed E-state index contributed by atoms with van der Waals surface area (Å²) < 4.78 is 1.10. The third-order valence-electron chi connectivity index (χ3n) is 1.48. The minimum atomic E-state index is 0.521. The fourth-order valence-corrected chi connectivity index (χ4v) is 2.09. The van der Waals surface area contributed by atoms with Gasteiger partial charge in [-0.1, -0.05) is 0 Å². The number of halogens is 1. The molecule has 0 atom stereocenters. The summed E-state index contributed by atoms with van der Waals surface area (Å²) in [7, 11) is 0. The molecule has 3 N–H and O–H groups in total. The van der Waals surface area contributed by atoms with Crippen molar-refractivity contribution in [1.29, 1.82) is 0 Å². The molecule has 0 bridgehead atoms. The molecule has 62 valence electrons. The van der Waals surface area contributed by atoms with Crippen LogP contribution in [-0.4, -0.2) is 10.2 Å². The Labute approximate surface area is 81.7 Å². The molecule has 0 radical (unpaired) electrons. The summed E-state index contributed by atoms with van der Waals surface area (Å²) in [4.78, 5) is 0. The van der Waals surface area contributed by atoms with Crippen LogP contribution >= 0.6 is 27.3 Å². The zero-order chi connectivity index (χ0) is 8.55. The quantitative estimate of drug-likeness (QED) is 0.809. The number of aromatic amines is 1. The summed E-state index contributed by atoms with van der Waals surface area (Å²) in [6, 6.07) is 3.84. The van der Waals surface area contributed by atoms with Crippen LogP contribution in [0.3, 0.4) is 0 Å². The highest BCUT2D eigenvalue weighted by molar-refractivity contribution is 9.11. The zero-order valence-corrected chi connectivity index (χ0v) is 8.45. The van der Waals surface area contributed by atoms with Gasteiger partial charge >= 0.3 is 0 Å². The number of thiophene rings is 1. The molecule has 0 saturated carbocycles. The van der Waals surface area contributed by atoms with Crippen molar-refractivity contribution in [2.75, 3.05) is 5.73 Å². The number of aromatic nitrogens is 2. The van der Waals surface area contributed by atoms with Crippen LogP contribution in [0.1, 0.15) is 0 Å². The Bertz CT molecular complexity index is 355. The maximum atomic E-state index is 5.47. The number of rotatable bonds is 1. The second-order valence-corrected chi connectivity index (χ2v) is 4.64. The van der Waals surface area contributed by atoms with Crippen molar-refractivity contribution in [3.05, 3.63) is 21.3 Å². The van der Waals surface area contributed by atoms with Crippen molar-refractivity contribution >= 4 is 33.1 Å². The Morgan fingerprint density at radius 2 is 2.33 bits per heavy atom. The predicted octanol–water partition coefficient (Wildman–Crippen LogP) is 2.48. The van der Waals surface area contributed by atoms with Gasteiger partial charge in [0.2, 0.25) is 0 Å². The van der Waals surface area contributed by atoms with Crippen LogP contribution in [0.4, 0.5) is 5.82 Å². The number of nitrogen functional groups attached to an aromatic ring is 1. The van der Waals surface area contributed by atoms with E-state index in [-0.39, 0.29) is 0 Å². The Morgan fingerprint density at radius 1 is 1.50 bits per heavy atom. The second kappa shape index (κ2) is 2.91. The van der Waals surface area contributed by atoms with E-state index < -0.39 is 0 Å². The molecule has 2 aromatic rings. The van der Waals surface area contributed by atoms with Gasteiger partial charge in [0.15, 0.2) is 0 Å². The molecule has 0 saturated heterocycles. The first kappa shape index (κ1) is 7.82. The number of nitrogens with one attached hydrogen (secondary N) is 1. The van der Waals surface area contributed by atoms with Crippen LogP contribution in [0.25, 0.3) is 11.3 Å². The molecule has 0 aliphatic rings. The Kier molecular flexibility index (Phi) is 1.90. The van der Waals surface area contributed by atoms with Gasteiger partial charge in [-0.3, -0.25) is 5.10 Å². The van der Waals surface area contributed by atoms with Crippen LogP contribution in [0.2, 0.25) is 0 Å². The van der Waals surface area contributed by atoms with E-state index in [4.69, 9.17) is 5.73 Å². The van der Waals surface area contributed by atoms with E-state index in [0.29, 0.717) is 5.82 Å². The van der Waals surface area contributed by atoms with Gasteiger partial charge in [0, 0.05) is 17.0 Å². The molecule has 2 heterocycles. The summed E-state index contributed by atoms with van der Waals surface area (Å²) in [5.41, 5.74) is 7.53. The lowest BCUT2D eigenvalue weighted by atomic mass is 10.2. The van der Waals surface area contributed by atoms with E-state index >= 15 is 0 Å². The van der Waals surface area contributed by atoms with E-state index in [0.717, 1.165) is 15.0 Å². The molecule has 0 aliphatic carbocycles. The maximum Gasteiger partial charge on any atom is 0.145 e. The van der Waals surface area contributed by atoms with E-state index in [1.54, 1.807) is 11.3 Å². The molecular formula is C7H6BrN3S. The average Bonchev–Trinajstić information content (AvgIpc) is 2.58. The zero-order valence-electron chi connectivity index (χ0n) is 6.04. The third kappa shape index (κ3) is 1.37.